The Labute approximate surface area is 159 Å². The van der Waals surface area contributed by atoms with Crippen LogP contribution in [0.15, 0.2) is 30.3 Å². The highest BCUT2D eigenvalue weighted by Gasteiger charge is 2.18. The normalized spacial score (nSPS) is 13.2. The molecule has 1 heterocycles. The Morgan fingerprint density at radius 2 is 2.00 bits per heavy atom. The molecule has 138 valence electrons. The molecule has 1 aliphatic carbocycles. The molecule has 0 unspecified atom stereocenters. The van der Waals surface area contributed by atoms with Crippen LogP contribution >= 0.6 is 11.3 Å². The van der Waals surface area contributed by atoms with Gasteiger partial charge in [0.25, 0.3) is 11.6 Å². The van der Waals surface area contributed by atoms with Gasteiger partial charge in [-0.1, -0.05) is 17.4 Å². The van der Waals surface area contributed by atoms with Crippen molar-refractivity contribution in [2.24, 2.45) is 0 Å². The van der Waals surface area contributed by atoms with Crippen LogP contribution in [0, 0.1) is 10.1 Å². The number of carbonyl (C=O) groups is 1. The molecule has 4 rings (SSSR count). The molecule has 27 heavy (non-hydrogen) atoms. The molecule has 8 heteroatoms. The molecule has 0 saturated heterocycles. The molecule has 1 aliphatic rings. The number of ether oxygens (including phenoxy) is 1. The quantitative estimate of drug-likeness (QED) is 0.534. The van der Waals surface area contributed by atoms with E-state index < -0.39 is 4.92 Å². The van der Waals surface area contributed by atoms with E-state index in [9.17, 15) is 14.9 Å². The number of methoxy groups -OCH3 is 1. The smallest absolute Gasteiger partial charge is 0.274 e. The molecule has 3 aromatic rings. The van der Waals surface area contributed by atoms with E-state index in [-0.39, 0.29) is 11.6 Å². The van der Waals surface area contributed by atoms with Crippen LogP contribution in [-0.4, -0.2) is 22.9 Å². The molecule has 7 nitrogen and oxygen atoms in total. The average Bonchev–Trinajstić information content (AvgIpc) is 3.09. The Bertz CT molecular complexity index is 1060. The monoisotopic (exact) mass is 383 g/mol. The number of hydrogen-bond acceptors (Lipinski definition) is 6. The number of aromatic nitrogens is 1. The number of anilines is 1. The van der Waals surface area contributed by atoms with Crippen LogP contribution < -0.4 is 10.1 Å². The number of non-ortho nitro benzene ring substituents is 1. The van der Waals surface area contributed by atoms with Crippen LogP contribution in [0.2, 0.25) is 0 Å². The van der Waals surface area contributed by atoms with E-state index in [1.54, 1.807) is 0 Å². The summed E-state index contributed by atoms with van der Waals surface area (Å²) in [5.41, 5.74) is 3.56. The van der Waals surface area contributed by atoms with Crippen molar-refractivity contribution in [1.29, 1.82) is 0 Å². The highest BCUT2D eigenvalue weighted by Crippen LogP contribution is 2.36. The number of fused-ring (bicyclic) bond motifs is 2. The van der Waals surface area contributed by atoms with Crippen LogP contribution in [0.3, 0.4) is 0 Å². The summed E-state index contributed by atoms with van der Waals surface area (Å²) in [6, 6.07) is 8.57. The molecule has 1 N–H and O–H groups in total. The fraction of sp³-hybridized carbons (Fsp3) is 0.263. The van der Waals surface area contributed by atoms with Crippen molar-refractivity contribution < 1.29 is 14.5 Å². The Morgan fingerprint density at radius 1 is 1.22 bits per heavy atom. The van der Waals surface area contributed by atoms with Crippen LogP contribution in [0.5, 0.6) is 5.75 Å². The van der Waals surface area contributed by atoms with Gasteiger partial charge < -0.3 is 4.74 Å². The van der Waals surface area contributed by atoms with Gasteiger partial charge in [0.1, 0.15) is 5.52 Å². The van der Waals surface area contributed by atoms with Crippen LogP contribution in [0.25, 0.3) is 10.2 Å². The molecule has 0 atom stereocenters. The molecule has 0 aliphatic heterocycles. The van der Waals surface area contributed by atoms with Crippen molar-refractivity contribution in [3.8, 4) is 5.75 Å². The predicted molar refractivity (Wildman–Crippen MR) is 104 cm³/mol. The van der Waals surface area contributed by atoms with Gasteiger partial charge in [0, 0.05) is 11.6 Å². The SMILES string of the molecule is COc1cc([N+](=O)[O-])cc2sc(NC(=O)c3ccc4c(c3)CCCC4)nc12. The Kier molecular flexibility index (Phi) is 4.49. The number of carbonyl (C=O) groups excluding carboxylic acids is 1. The van der Waals surface area contributed by atoms with Crippen molar-refractivity contribution in [2.75, 3.05) is 12.4 Å². The summed E-state index contributed by atoms with van der Waals surface area (Å²) >= 11 is 1.18. The highest BCUT2D eigenvalue weighted by molar-refractivity contribution is 7.22. The summed E-state index contributed by atoms with van der Waals surface area (Å²) in [7, 11) is 1.43. The zero-order valence-corrected chi connectivity index (χ0v) is 15.5. The second-order valence-electron chi connectivity index (χ2n) is 6.42. The zero-order chi connectivity index (χ0) is 19.0. The fourth-order valence-corrected chi connectivity index (χ4v) is 4.25. The summed E-state index contributed by atoms with van der Waals surface area (Å²) in [5.74, 6) is 0.0700. The minimum atomic E-state index is -0.479. The second-order valence-corrected chi connectivity index (χ2v) is 7.45. The molecular weight excluding hydrogens is 366 g/mol. The van der Waals surface area contributed by atoms with E-state index in [0.717, 1.165) is 19.3 Å². The van der Waals surface area contributed by atoms with Crippen LogP contribution in [0.4, 0.5) is 10.8 Å². The minimum Gasteiger partial charge on any atom is -0.494 e. The molecule has 1 amide bonds. The topological polar surface area (TPSA) is 94.4 Å². The lowest BCUT2D eigenvalue weighted by atomic mass is 9.90. The summed E-state index contributed by atoms with van der Waals surface area (Å²) in [4.78, 5) is 27.6. The number of nitro benzene ring substituents is 1. The predicted octanol–water partition coefficient (Wildman–Crippen LogP) is 4.34. The van der Waals surface area contributed by atoms with Crippen LogP contribution in [0.1, 0.15) is 34.3 Å². The van der Waals surface area contributed by atoms with E-state index in [4.69, 9.17) is 4.74 Å². The van der Waals surface area contributed by atoms with Gasteiger partial charge in [0.15, 0.2) is 10.9 Å². The molecule has 0 saturated carbocycles. The number of hydrogen-bond donors (Lipinski definition) is 1. The van der Waals surface area contributed by atoms with Crippen molar-refractivity contribution in [1.82, 2.24) is 4.98 Å². The van der Waals surface area contributed by atoms with Gasteiger partial charge in [-0.3, -0.25) is 20.2 Å². The molecule has 0 radical (unpaired) electrons. The van der Waals surface area contributed by atoms with Gasteiger partial charge in [-0.2, -0.15) is 0 Å². The maximum atomic E-state index is 12.6. The summed E-state index contributed by atoms with van der Waals surface area (Å²) in [6.07, 6.45) is 4.40. The zero-order valence-electron chi connectivity index (χ0n) is 14.7. The molecule has 2 aromatic carbocycles. The number of nitro groups is 1. The molecular formula is C19H17N3O4S. The van der Waals surface area contributed by atoms with E-state index >= 15 is 0 Å². The first kappa shape index (κ1) is 17.4. The van der Waals surface area contributed by atoms with E-state index in [0.29, 0.717) is 26.7 Å². The molecule has 0 fully saturated rings. The van der Waals surface area contributed by atoms with Crippen molar-refractivity contribution in [3.63, 3.8) is 0 Å². The maximum absolute atomic E-state index is 12.6. The summed E-state index contributed by atoms with van der Waals surface area (Å²) < 4.78 is 5.80. The van der Waals surface area contributed by atoms with Gasteiger partial charge in [-0.05, 0) is 48.9 Å². The standard InChI is InChI=1S/C19H17N3O4S/c1-26-15-9-14(22(24)25)10-16-17(15)20-19(27-16)21-18(23)13-7-6-11-4-2-3-5-12(11)8-13/h6-10H,2-5H2,1H3,(H,20,21,23). The number of nitrogens with one attached hydrogen (secondary N) is 1. The molecule has 1 aromatic heterocycles. The van der Waals surface area contributed by atoms with E-state index in [1.165, 1.54) is 48.1 Å². The van der Waals surface area contributed by atoms with Crippen molar-refractivity contribution in [2.45, 2.75) is 25.7 Å². The Balaban J connectivity index is 1.63. The summed E-state index contributed by atoms with van der Waals surface area (Å²) in [6.45, 7) is 0. The van der Waals surface area contributed by atoms with Crippen LogP contribution in [-0.2, 0) is 12.8 Å². The number of benzene rings is 2. The first-order valence-electron chi connectivity index (χ1n) is 8.61. The third kappa shape index (κ3) is 3.35. The largest absolute Gasteiger partial charge is 0.494 e. The fourth-order valence-electron chi connectivity index (χ4n) is 3.34. The second kappa shape index (κ2) is 6.96. The highest BCUT2D eigenvalue weighted by atomic mass is 32.1. The van der Waals surface area contributed by atoms with E-state index in [2.05, 4.69) is 10.3 Å². The maximum Gasteiger partial charge on any atom is 0.274 e. The van der Waals surface area contributed by atoms with Gasteiger partial charge in [0.2, 0.25) is 0 Å². The molecule has 0 bridgehead atoms. The van der Waals surface area contributed by atoms with E-state index in [1.807, 2.05) is 18.2 Å². The number of rotatable bonds is 4. The third-order valence-electron chi connectivity index (χ3n) is 4.71. The van der Waals surface area contributed by atoms with Gasteiger partial charge in [0.05, 0.1) is 22.8 Å². The van der Waals surface area contributed by atoms with Gasteiger partial charge in [-0.25, -0.2) is 4.98 Å². The number of nitrogens with zero attached hydrogens (tertiary/aromatic N) is 2. The third-order valence-corrected chi connectivity index (χ3v) is 5.62. The minimum absolute atomic E-state index is 0.0736. The number of amides is 1. The first-order chi connectivity index (χ1) is 13.0. The number of aryl methyl sites for hydroxylation is 2. The number of thiazole rings is 1. The van der Waals surface area contributed by atoms with Crippen molar-refractivity contribution >= 4 is 38.3 Å². The molecule has 0 spiro atoms. The van der Waals surface area contributed by atoms with Gasteiger partial charge >= 0.3 is 0 Å². The summed E-state index contributed by atoms with van der Waals surface area (Å²) in [5, 5.41) is 14.2. The Morgan fingerprint density at radius 3 is 2.74 bits per heavy atom. The van der Waals surface area contributed by atoms with Gasteiger partial charge in [-0.15, -0.1) is 0 Å². The average molecular weight is 383 g/mol. The first-order valence-corrected chi connectivity index (χ1v) is 9.43. The lowest BCUT2D eigenvalue weighted by molar-refractivity contribution is -0.384. The Hall–Kier alpha value is -3.00. The lowest BCUT2D eigenvalue weighted by Crippen LogP contribution is -2.13. The lowest BCUT2D eigenvalue weighted by Gasteiger charge is -2.16. The van der Waals surface area contributed by atoms with Crippen molar-refractivity contribution in [3.05, 3.63) is 57.1 Å².